The second-order valence-corrected chi connectivity index (χ2v) is 5.38. The molecule has 1 amide bonds. The van der Waals surface area contributed by atoms with Gasteiger partial charge in [-0.05, 0) is 0 Å². The van der Waals surface area contributed by atoms with Gasteiger partial charge in [0.25, 0.3) is 6.43 Å². The molecule has 3 fully saturated rings. The van der Waals surface area contributed by atoms with Gasteiger partial charge in [-0.25, -0.2) is 8.78 Å². The quantitative estimate of drug-likeness (QED) is 0.767. The van der Waals surface area contributed by atoms with Crippen molar-refractivity contribution in [2.24, 2.45) is 11.8 Å². The zero-order valence-electron chi connectivity index (χ0n) is 10.6. The number of alkyl halides is 2. The first-order valence-electron chi connectivity index (χ1n) is 6.65. The van der Waals surface area contributed by atoms with Crippen LogP contribution in [0.4, 0.5) is 8.78 Å². The third kappa shape index (κ3) is 2.73. The number of halogens is 2. The minimum atomic E-state index is -2.43. The van der Waals surface area contributed by atoms with E-state index in [1.807, 2.05) is 0 Å². The van der Waals surface area contributed by atoms with Crippen LogP contribution < -0.4 is 5.32 Å². The van der Waals surface area contributed by atoms with Crippen LogP contribution in [-0.2, 0) is 14.3 Å². The van der Waals surface area contributed by atoms with Crippen molar-refractivity contribution in [3.8, 4) is 0 Å². The maximum atomic E-state index is 12.5. The number of rotatable bonds is 4. The zero-order chi connectivity index (χ0) is 13.4. The van der Waals surface area contributed by atoms with Crippen LogP contribution in [0.15, 0.2) is 0 Å². The number of morpholine rings is 1. The van der Waals surface area contributed by atoms with E-state index in [0.717, 1.165) is 0 Å². The first-order valence-corrected chi connectivity index (χ1v) is 6.65. The number of hydrogen-bond acceptors (Lipinski definition) is 4. The normalized spacial score (nSPS) is 38.3. The summed E-state index contributed by atoms with van der Waals surface area (Å²) in [7, 11) is 0. The minimum Gasteiger partial charge on any atom is -0.381 e. The monoisotopic (exact) mass is 276 g/mol. The molecule has 1 saturated carbocycles. The number of carbonyl (C=O) groups excluding carboxylic acids is 1. The Hall–Kier alpha value is -0.790. The third-order valence-electron chi connectivity index (χ3n) is 4.18. The van der Waals surface area contributed by atoms with Crippen molar-refractivity contribution in [3.05, 3.63) is 0 Å². The van der Waals surface area contributed by atoms with Gasteiger partial charge in [-0.15, -0.1) is 0 Å². The summed E-state index contributed by atoms with van der Waals surface area (Å²) in [5.41, 5.74) is 0. The number of fused-ring (bicyclic) bond motifs is 1. The van der Waals surface area contributed by atoms with Crippen LogP contribution in [0.25, 0.3) is 0 Å². The van der Waals surface area contributed by atoms with E-state index in [2.05, 4.69) is 5.32 Å². The molecule has 0 radical (unpaired) electrons. The van der Waals surface area contributed by atoms with Crippen molar-refractivity contribution in [2.45, 2.75) is 18.5 Å². The topological polar surface area (TPSA) is 50.8 Å². The lowest BCUT2D eigenvalue weighted by molar-refractivity contribution is -0.134. The lowest BCUT2D eigenvalue weighted by Crippen LogP contribution is -2.55. The fourth-order valence-corrected chi connectivity index (χ4v) is 2.99. The Morgan fingerprint density at radius 3 is 2.68 bits per heavy atom. The average Bonchev–Trinajstić information content (AvgIpc) is 2.83. The zero-order valence-corrected chi connectivity index (χ0v) is 10.6. The molecule has 4 atom stereocenters. The van der Waals surface area contributed by atoms with E-state index >= 15 is 0 Å². The van der Waals surface area contributed by atoms with Gasteiger partial charge in [-0.1, -0.05) is 0 Å². The Labute approximate surface area is 110 Å². The highest BCUT2D eigenvalue weighted by atomic mass is 19.3. The van der Waals surface area contributed by atoms with Crippen molar-refractivity contribution < 1.29 is 23.0 Å². The molecular formula is C12H18F2N2O3. The number of carbonyl (C=O) groups is 1. The predicted molar refractivity (Wildman–Crippen MR) is 61.9 cm³/mol. The molecule has 5 nitrogen and oxygen atoms in total. The Balaban J connectivity index is 1.54. The summed E-state index contributed by atoms with van der Waals surface area (Å²) in [6.07, 6.45) is -2.43. The van der Waals surface area contributed by atoms with E-state index in [9.17, 15) is 13.6 Å². The molecule has 108 valence electrons. The van der Waals surface area contributed by atoms with Crippen molar-refractivity contribution in [2.75, 3.05) is 39.5 Å². The molecule has 0 aromatic carbocycles. The molecule has 1 aliphatic carbocycles. The maximum Gasteiger partial charge on any atom is 0.251 e. The summed E-state index contributed by atoms with van der Waals surface area (Å²) in [4.78, 5) is 13.7. The number of nitrogens with zero attached hydrogens (tertiary/aromatic N) is 1. The van der Waals surface area contributed by atoms with Crippen LogP contribution in [0.3, 0.4) is 0 Å². The summed E-state index contributed by atoms with van der Waals surface area (Å²) >= 11 is 0. The van der Waals surface area contributed by atoms with E-state index < -0.39 is 12.5 Å². The van der Waals surface area contributed by atoms with Gasteiger partial charge in [-0.3, -0.25) is 9.69 Å². The molecule has 7 heteroatoms. The number of nitrogens with one attached hydrogen (secondary N) is 1. The molecule has 2 saturated heterocycles. The maximum absolute atomic E-state index is 12.5. The minimum absolute atomic E-state index is 0.163. The van der Waals surface area contributed by atoms with Gasteiger partial charge in [-0.2, -0.15) is 0 Å². The first kappa shape index (κ1) is 13.2. The van der Waals surface area contributed by atoms with Crippen molar-refractivity contribution in [3.63, 3.8) is 0 Å². The number of hydrogen-bond donors (Lipinski definition) is 1. The molecule has 19 heavy (non-hydrogen) atoms. The molecule has 2 heterocycles. The lowest BCUT2D eigenvalue weighted by atomic mass is 10.2. The fraction of sp³-hybridized carbons (Fsp3) is 0.917. The number of ether oxygens (including phenoxy) is 2. The molecule has 0 bridgehead atoms. The molecule has 0 aromatic heterocycles. The van der Waals surface area contributed by atoms with Crippen LogP contribution in [-0.4, -0.2) is 68.8 Å². The second kappa shape index (κ2) is 5.30. The van der Waals surface area contributed by atoms with Crippen molar-refractivity contribution in [1.29, 1.82) is 0 Å². The second-order valence-electron chi connectivity index (χ2n) is 5.38. The largest absolute Gasteiger partial charge is 0.381 e. The van der Waals surface area contributed by atoms with Gasteiger partial charge in [0, 0.05) is 24.4 Å². The molecule has 2 aliphatic heterocycles. The van der Waals surface area contributed by atoms with Gasteiger partial charge in [0.2, 0.25) is 5.91 Å². The highest BCUT2D eigenvalue weighted by Gasteiger charge is 2.55. The van der Waals surface area contributed by atoms with Gasteiger partial charge < -0.3 is 14.8 Å². The number of amides is 1. The Bertz CT molecular complexity index is 346. The standard InChI is InChI=1S/C12H18F2N2O3/c13-10(14)3-16-1-2-18-6-9(16)12(17)15-11-7-4-19-5-8(7)11/h7-11H,1-6H2,(H,15,17)/t7-,8+,9?,11?. The lowest BCUT2D eigenvalue weighted by Gasteiger charge is -2.34. The Kier molecular flexibility index (Phi) is 3.68. The molecule has 1 N–H and O–H groups in total. The molecule has 0 aromatic rings. The van der Waals surface area contributed by atoms with Gasteiger partial charge in [0.15, 0.2) is 0 Å². The van der Waals surface area contributed by atoms with E-state index in [0.29, 0.717) is 38.2 Å². The van der Waals surface area contributed by atoms with Crippen LogP contribution in [0.2, 0.25) is 0 Å². The van der Waals surface area contributed by atoms with E-state index in [1.165, 1.54) is 4.90 Å². The highest BCUT2D eigenvalue weighted by molar-refractivity contribution is 5.82. The molecule has 2 unspecified atom stereocenters. The molecular weight excluding hydrogens is 258 g/mol. The summed E-state index contributed by atoms with van der Waals surface area (Å²) in [6, 6.07) is -0.429. The van der Waals surface area contributed by atoms with Crippen molar-refractivity contribution >= 4 is 5.91 Å². The predicted octanol–water partition coefficient (Wildman–Crippen LogP) is -0.287. The van der Waals surface area contributed by atoms with Gasteiger partial charge >= 0.3 is 0 Å². The molecule has 3 rings (SSSR count). The van der Waals surface area contributed by atoms with Crippen LogP contribution in [0.5, 0.6) is 0 Å². The highest BCUT2D eigenvalue weighted by Crippen LogP contribution is 2.44. The SMILES string of the molecule is O=C(NC1[C@H]2COC[C@@H]12)C1COCCN1CC(F)F. The average molecular weight is 276 g/mol. The van der Waals surface area contributed by atoms with Crippen LogP contribution >= 0.6 is 0 Å². The summed E-state index contributed by atoms with van der Waals surface area (Å²) in [5.74, 6) is 0.633. The third-order valence-corrected chi connectivity index (χ3v) is 4.18. The molecule has 0 spiro atoms. The van der Waals surface area contributed by atoms with E-state index in [4.69, 9.17) is 9.47 Å². The fourth-order valence-electron chi connectivity index (χ4n) is 2.99. The van der Waals surface area contributed by atoms with Crippen molar-refractivity contribution in [1.82, 2.24) is 10.2 Å². The van der Waals surface area contributed by atoms with Crippen LogP contribution in [0, 0.1) is 11.8 Å². The summed E-state index contributed by atoms with van der Waals surface area (Å²) in [6.45, 7) is 1.98. The Morgan fingerprint density at radius 1 is 1.26 bits per heavy atom. The van der Waals surface area contributed by atoms with E-state index in [1.54, 1.807) is 0 Å². The van der Waals surface area contributed by atoms with Gasteiger partial charge in [0.1, 0.15) is 6.04 Å². The van der Waals surface area contributed by atoms with Gasteiger partial charge in [0.05, 0.1) is 33.0 Å². The Morgan fingerprint density at radius 2 is 2.00 bits per heavy atom. The molecule has 3 aliphatic rings. The van der Waals surface area contributed by atoms with Crippen LogP contribution in [0.1, 0.15) is 0 Å². The first-order chi connectivity index (χ1) is 9.16. The summed E-state index contributed by atoms with van der Waals surface area (Å²) in [5, 5.41) is 2.94. The van der Waals surface area contributed by atoms with E-state index in [-0.39, 0.29) is 25.1 Å². The summed E-state index contributed by atoms with van der Waals surface area (Å²) < 4.78 is 35.5. The smallest absolute Gasteiger partial charge is 0.251 e.